The van der Waals surface area contributed by atoms with Crippen molar-refractivity contribution in [3.63, 3.8) is 0 Å². The first-order valence-electron chi connectivity index (χ1n) is 6.11. The summed E-state index contributed by atoms with van der Waals surface area (Å²) >= 11 is 3.24. The van der Waals surface area contributed by atoms with E-state index >= 15 is 0 Å². The summed E-state index contributed by atoms with van der Waals surface area (Å²) in [6, 6.07) is 4.79. The quantitative estimate of drug-likeness (QED) is 0.916. The molecule has 0 aliphatic heterocycles. The minimum Gasteiger partial charge on any atom is -0.339 e. The van der Waals surface area contributed by atoms with E-state index in [4.69, 9.17) is 4.52 Å². The molecular formula is C13H15BrFN3O. The summed E-state index contributed by atoms with van der Waals surface area (Å²) in [6.45, 7) is 4.98. The van der Waals surface area contributed by atoms with Crippen LogP contribution in [0.3, 0.4) is 0 Å². The average Bonchev–Trinajstić information content (AvgIpc) is 2.76. The van der Waals surface area contributed by atoms with Crippen molar-refractivity contribution in [1.29, 1.82) is 0 Å². The third-order valence-electron chi connectivity index (χ3n) is 2.62. The third kappa shape index (κ3) is 3.84. The van der Waals surface area contributed by atoms with Crippen molar-refractivity contribution < 1.29 is 8.91 Å². The maximum Gasteiger partial charge on any atom is 0.228 e. The summed E-state index contributed by atoms with van der Waals surface area (Å²) in [6.07, 6.45) is 0.650. The van der Waals surface area contributed by atoms with Crippen molar-refractivity contribution in [1.82, 2.24) is 15.5 Å². The number of hydrogen-bond donors (Lipinski definition) is 1. The maximum absolute atomic E-state index is 13.3. The molecule has 0 amide bonds. The van der Waals surface area contributed by atoms with Crippen LogP contribution in [0.15, 0.2) is 27.2 Å². The van der Waals surface area contributed by atoms with Gasteiger partial charge in [-0.15, -0.1) is 0 Å². The largest absolute Gasteiger partial charge is 0.339 e. The first kappa shape index (κ1) is 14.1. The molecule has 4 nitrogen and oxygen atoms in total. The van der Waals surface area contributed by atoms with Gasteiger partial charge in [0.15, 0.2) is 0 Å². The summed E-state index contributed by atoms with van der Waals surface area (Å²) in [4.78, 5) is 4.28. The van der Waals surface area contributed by atoms with Gasteiger partial charge in [-0.1, -0.05) is 28.0 Å². The van der Waals surface area contributed by atoms with Crippen LogP contribution in [0.5, 0.6) is 0 Å². The number of hydrogen-bond acceptors (Lipinski definition) is 4. The number of aromatic nitrogens is 2. The smallest absolute Gasteiger partial charge is 0.228 e. The Labute approximate surface area is 119 Å². The average molecular weight is 328 g/mol. The van der Waals surface area contributed by atoms with Crippen LogP contribution in [-0.2, 0) is 6.42 Å². The lowest BCUT2D eigenvalue weighted by Gasteiger charge is -2.07. The summed E-state index contributed by atoms with van der Waals surface area (Å²) in [7, 11) is 0. The first-order valence-corrected chi connectivity index (χ1v) is 6.90. The van der Waals surface area contributed by atoms with Crippen LogP contribution in [0.1, 0.15) is 19.7 Å². The van der Waals surface area contributed by atoms with Gasteiger partial charge in [-0.05, 0) is 31.7 Å². The molecule has 0 bridgehead atoms. The van der Waals surface area contributed by atoms with Gasteiger partial charge < -0.3 is 9.84 Å². The Morgan fingerprint density at radius 1 is 1.42 bits per heavy atom. The molecule has 0 aliphatic carbocycles. The zero-order valence-corrected chi connectivity index (χ0v) is 12.4. The molecule has 1 N–H and O–H groups in total. The van der Waals surface area contributed by atoms with Gasteiger partial charge in [-0.2, -0.15) is 4.98 Å². The fourth-order valence-corrected chi connectivity index (χ4v) is 2.29. The van der Waals surface area contributed by atoms with Crippen LogP contribution in [0.25, 0.3) is 11.4 Å². The second kappa shape index (κ2) is 6.25. The van der Waals surface area contributed by atoms with Crippen LogP contribution in [-0.4, -0.2) is 22.7 Å². The van der Waals surface area contributed by atoms with Crippen molar-refractivity contribution >= 4 is 15.9 Å². The fraction of sp³-hybridized carbons (Fsp3) is 0.385. The molecule has 1 aromatic heterocycles. The lowest BCUT2D eigenvalue weighted by atomic mass is 10.2. The van der Waals surface area contributed by atoms with E-state index in [0.29, 0.717) is 28.2 Å². The lowest BCUT2D eigenvalue weighted by Crippen LogP contribution is -2.27. The monoisotopic (exact) mass is 327 g/mol. The van der Waals surface area contributed by atoms with Gasteiger partial charge in [-0.3, -0.25) is 0 Å². The molecule has 0 aliphatic rings. The molecule has 0 saturated heterocycles. The summed E-state index contributed by atoms with van der Waals surface area (Å²) in [5.74, 6) is 0.611. The highest BCUT2D eigenvalue weighted by atomic mass is 79.9. The Morgan fingerprint density at radius 3 is 2.89 bits per heavy atom. The van der Waals surface area contributed by atoms with Crippen LogP contribution in [0.4, 0.5) is 4.39 Å². The zero-order valence-electron chi connectivity index (χ0n) is 10.8. The SMILES string of the molecule is CCNC(C)Cc1nc(-c2cc(F)cc(Br)c2)no1. The summed E-state index contributed by atoms with van der Waals surface area (Å²) in [5.41, 5.74) is 0.595. The lowest BCUT2D eigenvalue weighted by molar-refractivity contribution is 0.363. The van der Waals surface area contributed by atoms with Crippen molar-refractivity contribution in [2.45, 2.75) is 26.3 Å². The molecule has 19 heavy (non-hydrogen) atoms. The van der Waals surface area contributed by atoms with Gasteiger partial charge in [0.05, 0.1) is 0 Å². The van der Waals surface area contributed by atoms with Crippen LogP contribution in [0, 0.1) is 5.82 Å². The van der Waals surface area contributed by atoms with E-state index in [1.165, 1.54) is 12.1 Å². The molecule has 1 heterocycles. The van der Waals surface area contributed by atoms with Gasteiger partial charge >= 0.3 is 0 Å². The van der Waals surface area contributed by atoms with E-state index in [1.807, 2.05) is 13.8 Å². The first-order chi connectivity index (χ1) is 9.08. The minimum absolute atomic E-state index is 0.262. The summed E-state index contributed by atoms with van der Waals surface area (Å²) < 4.78 is 19.1. The molecule has 2 rings (SSSR count). The van der Waals surface area contributed by atoms with Crippen molar-refractivity contribution in [3.05, 3.63) is 34.4 Å². The second-order valence-corrected chi connectivity index (χ2v) is 5.25. The Bertz CT molecular complexity index is 538. The van der Waals surface area contributed by atoms with Crippen LogP contribution < -0.4 is 5.32 Å². The Hall–Kier alpha value is -1.27. The Kier molecular flexibility index (Phi) is 4.66. The Morgan fingerprint density at radius 2 is 2.21 bits per heavy atom. The van der Waals surface area contributed by atoms with E-state index in [0.717, 1.165) is 6.54 Å². The van der Waals surface area contributed by atoms with E-state index < -0.39 is 0 Å². The Balaban J connectivity index is 2.16. The highest BCUT2D eigenvalue weighted by molar-refractivity contribution is 9.10. The molecule has 0 fully saturated rings. The normalized spacial score (nSPS) is 12.6. The predicted molar refractivity (Wildman–Crippen MR) is 74.2 cm³/mol. The zero-order chi connectivity index (χ0) is 13.8. The van der Waals surface area contributed by atoms with Gasteiger partial charge in [0.2, 0.25) is 11.7 Å². The van der Waals surface area contributed by atoms with E-state index in [-0.39, 0.29) is 11.9 Å². The molecular weight excluding hydrogens is 313 g/mol. The van der Waals surface area contributed by atoms with Gasteiger partial charge in [0.1, 0.15) is 5.82 Å². The molecule has 1 aromatic carbocycles. The second-order valence-electron chi connectivity index (χ2n) is 4.33. The number of nitrogens with one attached hydrogen (secondary N) is 1. The number of nitrogens with zero attached hydrogens (tertiary/aromatic N) is 2. The highest BCUT2D eigenvalue weighted by Crippen LogP contribution is 2.22. The van der Waals surface area contributed by atoms with Crippen molar-refractivity contribution in [3.8, 4) is 11.4 Å². The minimum atomic E-state index is -0.336. The van der Waals surface area contributed by atoms with E-state index in [9.17, 15) is 4.39 Å². The number of rotatable bonds is 5. The van der Waals surface area contributed by atoms with Crippen LogP contribution in [0.2, 0.25) is 0 Å². The van der Waals surface area contributed by atoms with Gasteiger partial charge in [0, 0.05) is 22.5 Å². The third-order valence-corrected chi connectivity index (χ3v) is 3.08. The van der Waals surface area contributed by atoms with Crippen molar-refractivity contribution in [2.24, 2.45) is 0 Å². The number of halogens is 2. The molecule has 0 radical (unpaired) electrons. The number of benzene rings is 1. The van der Waals surface area contributed by atoms with E-state index in [1.54, 1.807) is 6.07 Å². The van der Waals surface area contributed by atoms with Crippen LogP contribution >= 0.6 is 15.9 Å². The highest BCUT2D eigenvalue weighted by Gasteiger charge is 2.12. The van der Waals surface area contributed by atoms with Crippen molar-refractivity contribution in [2.75, 3.05) is 6.54 Å². The molecule has 1 unspecified atom stereocenters. The molecule has 6 heteroatoms. The molecule has 0 saturated carbocycles. The standard InChI is InChI=1S/C13H15BrFN3O/c1-3-16-8(2)4-12-17-13(18-19-12)9-5-10(14)7-11(15)6-9/h5-8,16H,3-4H2,1-2H3. The summed E-state index contributed by atoms with van der Waals surface area (Å²) in [5, 5.41) is 7.15. The molecule has 102 valence electrons. The molecule has 1 atom stereocenters. The molecule has 2 aromatic rings. The number of likely N-dealkylation sites (N-methyl/N-ethyl adjacent to an activating group) is 1. The van der Waals surface area contributed by atoms with Gasteiger partial charge in [0.25, 0.3) is 0 Å². The fourth-order valence-electron chi connectivity index (χ4n) is 1.82. The predicted octanol–water partition coefficient (Wildman–Crippen LogP) is 3.18. The van der Waals surface area contributed by atoms with E-state index in [2.05, 4.69) is 31.4 Å². The molecule has 0 spiro atoms. The topological polar surface area (TPSA) is 51.0 Å². The maximum atomic E-state index is 13.3. The van der Waals surface area contributed by atoms with Gasteiger partial charge in [-0.25, -0.2) is 4.39 Å².